The predicted molar refractivity (Wildman–Crippen MR) is 46.8 cm³/mol. The summed E-state index contributed by atoms with van der Waals surface area (Å²) in [5, 5.41) is 8.37. The van der Waals surface area contributed by atoms with Gasteiger partial charge in [-0.1, -0.05) is 24.7 Å². The SMILES string of the molecule is CCCC#CCC#CCCO. The minimum absolute atomic E-state index is 0.148. The predicted octanol–water partition coefficient (Wildman–Crippen LogP) is 1.57. The van der Waals surface area contributed by atoms with E-state index in [4.69, 9.17) is 5.11 Å². The number of hydrogen-bond acceptors (Lipinski definition) is 1. The molecular formula is C10H14O. The number of aliphatic hydroxyl groups excluding tert-OH is 1. The summed E-state index contributed by atoms with van der Waals surface area (Å²) < 4.78 is 0. The topological polar surface area (TPSA) is 20.2 Å². The van der Waals surface area contributed by atoms with Crippen LogP contribution in [0.2, 0.25) is 0 Å². The second-order valence-corrected chi connectivity index (χ2v) is 2.11. The largest absolute Gasteiger partial charge is 0.395 e. The minimum Gasteiger partial charge on any atom is -0.395 e. The second-order valence-electron chi connectivity index (χ2n) is 2.11. The molecule has 0 fully saturated rings. The van der Waals surface area contributed by atoms with E-state index in [0.717, 1.165) is 12.8 Å². The molecule has 1 heteroatoms. The Morgan fingerprint density at radius 1 is 1.00 bits per heavy atom. The van der Waals surface area contributed by atoms with Crippen molar-refractivity contribution in [3.63, 3.8) is 0 Å². The number of unbranched alkanes of at least 4 members (excludes halogenated alkanes) is 1. The van der Waals surface area contributed by atoms with Gasteiger partial charge in [0.25, 0.3) is 0 Å². The van der Waals surface area contributed by atoms with Crippen LogP contribution in [0.4, 0.5) is 0 Å². The molecule has 0 amide bonds. The number of rotatable bonds is 2. The van der Waals surface area contributed by atoms with Crippen LogP contribution in [0.15, 0.2) is 0 Å². The highest BCUT2D eigenvalue weighted by atomic mass is 16.2. The zero-order valence-electron chi connectivity index (χ0n) is 6.98. The monoisotopic (exact) mass is 150 g/mol. The van der Waals surface area contributed by atoms with Crippen LogP contribution in [0.3, 0.4) is 0 Å². The molecule has 1 nitrogen and oxygen atoms in total. The summed E-state index contributed by atoms with van der Waals surface area (Å²) >= 11 is 0. The Morgan fingerprint density at radius 3 is 2.18 bits per heavy atom. The molecule has 0 aliphatic heterocycles. The molecule has 0 spiro atoms. The molecule has 0 aromatic rings. The third-order valence-corrected chi connectivity index (χ3v) is 1.04. The fraction of sp³-hybridized carbons (Fsp3) is 0.600. The van der Waals surface area contributed by atoms with Crippen LogP contribution in [0.1, 0.15) is 32.6 Å². The van der Waals surface area contributed by atoms with Gasteiger partial charge in [-0.2, -0.15) is 0 Å². The normalized spacial score (nSPS) is 7.45. The van der Waals surface area contributed by atoms with E-state index in [2.05, 4.69) is 30.6 Å². The van der Waals surface area contributed by atoms with Crippen molar-refractivity contribution in [2.45, 2.75) is 32.6 Å². The van der Waals surface area contributed by atoms with Gasteiger partial charge in [0, 0.05) is 12.8 Å². The molecule has 0 saturated carbocycles. The molecule has 0 aromatic heterocycles. The van der Waals surface area contributed by atoms with Crippen LogP contribution in [0.25, 0.3) is 0 Å². The Bertz CT molecular complexity index is 162. The van der Waals surface area contributed by atoms with Crippen molar-refractivity contribution in [2.24, 2.45) is 0 Å². The van der Waals surface area contributed by atoms with Gasteiger partial charge in [-0.3, -0.25) is 0 Å². The van der Waals surface area contributed by atoms with Gasteiger partial charge in [-0.25, -0.2) is 0 Å². The smallest absolute Gasteiger partial charge is 0.0702 e. The third kappa shape index (κ3) is 9.08. The number of aliphatic hydroxyl groups is 1. The van der Waals surface area contributed by atoms with E-state index in [1.165, 1.54) is 0 Å². The lowest BCUT2D eigenvalue weighted by Gasteiger charge is -1.77. The van der Waals surface area contributed by atoms with E-state index < -0.39 is 0 Å². The highest BCUT2D eigenvalue weighted by Gasteiger charge is 1.71. The first kappa shape index (κ1) is 10.1. The average Bonchev–Trinajstić information content (AvgIpc) is 2.03. The average molecular weight is 150 g/mol. The van der Waals surface area contributed by atoms with E-state index >= 15 is 0 Å². The summed E-state index contributed by atoms with van der Waals surface area (Å²) in [6, 6.07) is 0. The Hall–Kier alpha value is -0.920. The molecule has 60 valence electrons. The van der Waals surface area contributed by atoms with Gasteiger partial charge in [-0.05, 0) is 6.42 Å². The van der Waals surface area contributed by atoms with Crippen molar-refractivity contribution in [1.29, 1.82) is 0 Å². The lowest BCUT2D eigenvalue weighted by atomic mass is 10.3. The Morgan fingerprint density at radius 2 is 1.64 bits per heavy atom. The summed E-state index contributed by atoms with van der Waals surface area (Å²) in [6.45, 7) is 2.25. The maximum atomic E-state index is 8.37. The van der Waals surface area contributed by atoms with Gasteiger partial charge < -0.3 is 5.11 Å². The van der Waals surface area contributed by atoms with E-state index in [9.17, 15) is 0 Å². The molecule has 0 atom stereocenters. The lowest BCUT2D eigenvalue weighted by Crippen LogP contribution is -1.75. The van der Waals surface area contributed by atoms with Crippen LogP contribution in [-0.2, 0) is 0 Å². The molecule has 0 heterocycles. The summed E-state index contributed by atoms with van der Waals surface area (Å²) in [5.74, 6) is 11.6. The van der Waals surface area contributed by atoms with Gasteiger partial charge in [0.15, 0.2) is 0 Å². The van der Waals surface area contributed by atoms with E-state index in [1.807, 2.05) is 0 Å². The molecule has 0 aliphatic carbocycles. The van der Waals surface area contributed by atoms with Crippen molar-refractivity contribution in [2.75, 3.05) is 6.61 Å². The highest BCUT2D eigenvalue weighted by molar-refractivity contribution is 5.11. The first-order chi connectivity index (χ1) is 5.41. The molecule has 0 bridgehead atoms. The number of hydrogen-bond donors (Lipinski definition) is 1. The standard InChI is InChI=1S/C10H14O/c1-2-3-4-5-6-7-8-9-10-11/h11H,2-3,6,9-10H2,1H3. The maximum Gasteiger partial charge on any atom is 0.0702 e. The first-order valence-corrected chi connectivity index (χ1v) is 3.94. The van der Waals surface area contributed by atoms with Crippen LogP contribution < -0.4 is 0 Å². The molecule has 0 saturated heterocycles. The van der Waals surface area contributed by atoms with Crippen molar-refractivity contribution in [3.05, 3.63) is 0 Å². The van der Waals surface area contributed by atoms with Crippen molar-refractivity contribution >= 4 is 0 Å². The Kier molecular flexibility index (Phi) is 8.32. The Balaban J connectivity index is 3.28. The van der Waals surface area contributed by atoms with Crippen molar-refractivity contribution < 1.29 is 5.11 Å². The quantitative estimate of drug-likeness (QED) is 0.592. The zero-order valence-corrected chi connectivity index (χ0v) is 6.98. The van der Waals surface area contributed by atoms with Crippen LogP contribution in [0.5, 0.6) is 0 Å². The highest BCUT2D eigenvalue weighted by Crippen LogP contribution is 1.82. The minimum atomic E-state index is 0.148. The molecular weight excluding hydrogens is 136 g/mol. The zero-order chi connectivity index (χ0) is 8.36. The van der Waals surface area contributed by atoms with E-state index in [-0.39, 0.29) is 6.61 Å². The third-order valence-electron chi connectivity index (χ3n) is 1.04. The first-order valence-electron chi connectivity index (χ1n) is 3.94. The van der Waals surface area contributed by atoms with Gasteiger partial charge in [0.2, 0.25) is 0 Å². The molecule has 0 unspecified atom stereocenters. The Labute approximate surface area is 68.8 Å². The molecule has 0 aliphatic rings. The van der Waals surface area contributed by atoms with Gasteiger partial charge in [0.05, 0.1) is 13.0 Å². The van der Waals surface area contributed by atoms with Crippen molar-refractivity contribution in [1.82, 2.24) is 0 Å². The fourth-order valence-electron chi connectivity index (χ4n) is 0.527. The summed E-state index contributed by atoms with van der Waals surface area (Å²) in [6.07, 6.45) is 3.27. The van der Waals surface area contributed by atoms with Crippen LogP contribution in [-0.4, -0.2) is 11.7 Å². The lowest BCUT2D eigenvalue weighted by molar-refractivity contribution is 0.305. The molecule has 0 radical (unpaired) electrons. The fourth-order valence-corrected chi connectivity index (χ4v) is 0.527. The summed E-state index contributed by atoms with van der Waals surface area (Å²) in [5.41, 5.74) is 0. The molecule has 1 N–H and O–H groups in total. The van der Waals surface area contributed by atoms with E-state index in [0.29, 0.717) is 12.8 Å². The summed E-state index contributed by atoms with van der Waals surface area (Å²) in [4.78, 5) is 0. The molecule has 0 rings (SSSR count). The van der Waals surface area contributed by atoms with Crippen LogP contribution >= 0.6 is 0 Å². The maximum absolute atomic E-state index is 8.37. The van der Waals surface area contributed by atoms with E-state index in [1.54, 1.807) is 0 Å². The summed E-state index contributed by atoms with van der Waals surface area (Å²) in [7, 11) is 0. The van der Waals surface area contributed by atoms with Crippen LogP contribution in [0, 0.1) is 23.7 Å². The van der Waals surface area contributed by atoms with Crippen molar-refractivity contribution in [3.8, 4) is 23.7 Å². The second kappa shape index (κ2) is 9.08. The van der Waals surface area contributed by atoms with Gasteiger partial charge in [-0.15, -0.1) is 5.92 Å². The van der Waals surface area contributed by atoms with Gasteiger partial charge >= 0.3 is 0 Å². The molecule has 0 aromatic carbocycles. The van der Waals surface area contributed by atoms with Gasteiger partial charge in [0.1, 0.15) is 0 Å². The molecule has 11 heavy (non-hydrogen) atoms.